The van der Waals surface area contributed by atoms with Crippen molar-refractivity contribution >= 4 is 18.0 Å². The van der Waals surface area contributed by atoms with E-state index in [0.29, 0.717) is 29.1 Å². The molecule has 0 fully saturated rings. The van der Waals surface area contributed by atoms with E-state index in [1.807, 2.05) is 0 Å². The minimum absolute atomic E-state index is 0.143. The highest BCUT2D eigenvalue weighted by molar-refractivity contribution is 5.93. The summed E-state index contributed by atoms with van der Waals surface area (Å²) in [6.07, 6.45) is 0.0205. The third-order valence-electron chi connectivity index (χ3n) is 4.98. The van der Waals surface area contributed by atoms with Crippen molar-refractivity contribution in [1.82, 2.24) is 4.90 Å². The van der Waals surface area contributed by atoms with Crippen molar-refractivity contribution in [1.29, 1.82) is 0 Å². The van der Waals surface area contributed by atoms with Crippen LogP contribution in [0, 0.1) is 0 Å². The summed E-state index contributed by atoms with van der Waals surface area (Å²) in [5.41, 5.74) is 1.87. The van der Waals surface area contributed by atoms with Crippen LogP contribution in [0.1, 0.15) is 18.1 Å². The SMILES string of the molecule is CCOc1cc(C(F)(F)F)ccc1-c1ccc2c(c1)CN(CC1=NC=CC=NC1)C(=O)O2. The molecule has 0 radical (unpaired) electrons. The first-order valence-electron chi connectivity index (χ1n) is 9.99. The standard InChI is InChI=1S/C23H20F3N3O3/c1-2-31-21-11-17(23(24,25)26)5-6-19(21)15-4-7-20-16(10-15)13-29(22(30)32-20)14-18-12-27-8-3-9-28-18/h3-11H,2,12-14H2,1H3. The zero-order valence-electron chi connectivity index (χ0n) is 17.2. The molecule has 2 aromatic rings. The zero-order valence-corrected chi connectivity index (χ0v) is 17.2. The molecule has 4 rings (SSSR count). The summed E-state index contributed by atoms with van der Waals surface area (Å²) in [6.45, 7) is 2.86. The Labute approximate surface area is 182 Å². The number of fused-ring (bicyclic) bond motifs is 1. The molecule has 0 bridgehead atoms. The molecule has 2 aliphatic rings. The fourth-order valence-corrected chi connectivity index (χ4v) is 3.49. The van der Waals surface area contributed by atoms with Crippen molar-refractivity contribution < 1.29 is 27.4 Å². The predicted octanol–water partition coefficient (Wildman–Crippen LogP) is 5.12. The summed E-state index contributed by atoms with van der Waals surface area (Å²) < 4.78 is 50.3. The lowest BCUT2D eigenvalue weighted by Gasteiger charge is -2.28. The van der Waals surface area contributed by atoms with Crippen molar-refractivity contribution in [2.75, 3.05) is 19.7 Å². The highest BCUT2D eigenvalue weighted by atomic mass is 19.4. The van der Waals surface area contributed by atoms with Gasteiger partial charge in [-0.2, -0.15) is 13.2 Å². The van der Waals surface area contributed by atoms with Crippen LogP contribution in [0.3, 0.4) is 0 Å². The van der Waals surface area contributed by atoms with Gasteiger partial charge in [-0.1, -0.05) is 12.1 Å². The van der Waals surface area contributed by atoms with E-state index in [1.165, 1.54) is 11.0 Å². The van der Waals surface area contributed by atoms with Crippen LogP contribution < -0.4 is 9.47 Å². The number of carbonyl (C=O) groups excluding carboxylic acids is 1. The molecule has 32 heavy (non-hydrogen) atoms. The van der Waals surface area contributed by atoms with Gasteiger partial charge in [0.15, 0.2) is 0 Å². The summed E-state index contributed by atoms with van der Waals surface area (Å²) in [5.74, 6) is 0.560. The summed E-state index contributed by atoms with van der Waals surface area (Å²) in [5, 5.41) is 0. The Balaban J connectivity index is 1.63. The van der Waals surface area contributed by atoms with Crippen molar-refractivity contribution in [3.63, 3.8) is 0 Å². The summed E-state index contributed by atoms with van der Waals surface area (Å²) in [4.78, 5) is 22.4. The third kappa shape index (κ3) is 4.66. The molecule has 0 N–H and O–H groups in total. The average molecular weight is 443 g/mol. The van der Waals surface area contributed by atoms with E-state index in [1.54, 1.807) is 43.6 Å². The third-order valence-corrected chi connectivity index (χ3v) is 4.98. The Morgan fingerprint density at radius 3 is 2.81 bits per heavy atom. The van der Waals surface area contributed by atoms with Crippen LogP contribution in [0.2, 0.25) is 0 Å². The first-order chi connectivity index (χ1) is 15.3. The molecule has 0 atom stereocenters. The fraction of sp³-hybridized carbons (Fsp3) is 0.261. The van der Waals surface area contributed by atoms with Gasteiger partial charge in [0.2, 0.25) is 0 Å². The first kappa shape index (κ1) is 21.6. The highest BCUT2D eigenvalue weighted by Crippen LogP contribution is 2.39. The Kier molecular flexibility index (Phi) is 5.98. The van der Waals surface area contributed by atoms with E-state index >= 15 is 0 Å². The van der Waals surface area contributed by atoms with Gasteiger partial charge in [-0.15, -0.1) is 0 Å². The fourth-order valence-electron chi connectivity index (χ4n) is 3.49. The van der Waals surface area contributed by atoms with Crippen molar-refractivity contribution in [2.45, 2.75) is 19.6 Å². The molecule has 9 heteroatoms. The molecule has 2 aromatic carbocycles. The van der Waals surface area contributed by atoms with Crippen LogP contribution in [0.25, 0.3) is 11.1 Å². The van der Waals surface area contributed by atoms with E-state index < -0.39 is 17.8 Å². The van der Waals surface area contributed by atoms with Gasteiger partial charge in [-0.3, -0.25) is 14.9 Å². The maximum atomic E-state index is 13.1. The molecule has 0 spiro atoms. The maximum absolute atomic E-state index is 13.1. The van der Waals surface area contributed by atoms with E-state index in [-0.39, 0.29) is 25.4 Å². The van der Waals surface area contributed by atoms with Gasteiger partial charge in [-0.25, -0.2) is 4.79 Å². The van der Waals surface area contributed by atoms with Crippen LogP contribution in [-0.2, 0) is 12.7 Å². The molecule has 0 unspecified atom stereocenters. The predicted molar refractivity (Wildman–Crippen MR) is 114 cm³/mol. The van der Waals surface area contributed by atoms with Gasteiger partial charge in [-0.05, 0) is 42.8 Å². The molecule has 0 aliphatic carbocycles. The second-order valence-electron chi connectivity index (χ2n) is 7.21. The normalized spacial score (nSPS) is 15.7. The number of halogens is 3. The molecule has 6 nitrogen and oxygen atoms in total. The van der Waals surface area contributed by atoms with Crippen LogP contribution in [-0.4, -0.2) is 42.6 Å². The quantitative estimate of drug-likeness (QED) is 0.644. The van der Waals surface area contributed by atoms with Gasteiger partial charge in [0.1, 0.15) is 11.5 Å². The number of alkyl halides is 3. The molecule has 0 aromatic heterocycles. The Hall–Kier alpha value is -3.62. The number of allylic oxidation sites excluding steroid dienone is 1. The van der Waals surface area contributed by atoms with Gasteiger partial charge in [0, 0.05) is 23.5 Å². The van der Waals surface area contributed by atoms with E-state index in [0.717, 1.165) is 17.7 Å². The van der Waals surface area contributed by atoms with E-state index in [2.05, 4.69) is 9.98 Å². The number of nitrogens with zero attached hydrogens (tertiary/aromatic N) is 3. The van der Waals surface area contributed by atoms with Gasteiger partial charge < -0.3 is 9.47 Å². The number of rotatable bonds is 5. The Bertz CT molecular complexity index is 1120. The lowest BCUT2D eigenvalue weighted by molar-refractivity contribution is -0.137. The van der Waals surface area contributed by atoms with Gasteiger partial charge in [0.05, 0.1) is 37.5 Å². The number of carbonyl (C=O) groups is 1. The molecule has 1 amide bonds. The first-order valence-corrected chi connectivity index (χ1v) is 9.99. The summed E-state index contributed by atoms with van der Waals surface area (Å²) in [6, 6.07) is 8.57. The van der Waals surface area contributed by atoms with Crippen molar-refractivity contribution in [3.05, 3.63) is 59.8 Å². The highest BCUT2D eigenvalue weighted by Gasteiger charge is 2.32. The number of aliphatic imine (C=N–C) groups is 2. The molecule has 166 valence electrons. The van der Waals surface area contributed by atoms with Gasteiger partial charge in [0.25, 0.3) is 0 Å². The van der Waals surface area contributed by atoms with Crippen LogP contribution in [0.4, 0.5) is 18.0 Å². The summed E-state index contributed by atoms with van der Waals surface area (Å²) >= 11 is 0. The summed E-state index contributed by atoms with van der Waals surface area (Å²) in [7, 11) is 0. The number of hydrogen-bond donors (Lipinski definition) is 0. The smallest absolute Gasteiger partial charge is 0.416 e. The topological polar surface area (TPSA) is 63.5 Å². The lowest BCUT2D eigenvalue weighted by atomic mass is 9.99. The van der Waals surface area contributed by atoms with Gasteiger partial charge >= 0.3 is 12.3 Å². The average Bonchev–Trinajstić information content (AvgIpc) is 3.02. The Morgan fingerprint density at radius 1 is 1.19 bits per heavy atom. The second kappa shape index (κ2) is 8.86. The number of amides is 1. The number of hydrogen-bond acceptors (Lipinski definition) is 5. The van der Waals surface area contributed by atoms with E-state index in [9.17, 15) is 18.0 Å². The minimum Gasteiger partial charge on any atom is -0.493 e. The molecule has 2 aliphatic heterocycles. The molecule has 0 saturated heterocycles. The minimum atomic E-state index is -4.46. The number of ether oxygens (including phenoxy) is 2. The monoisotopic (exact) mass is 443 g/mol. The van der Waals surface area contributed by atoms with E-state index in [4.69, 9.17) is 9.47 Å². The van der Waals surface area contributed by atoms with Crippen LogP contribution in [0.5, 0.6) is 11.5 Å². The maximum Gasteiger partial charge on any atom is 0.416 e. The second-order valence-corrected chi connectivity index (χ2v) is 7.21. The molecular formula is C23H20F3N3O3. The molecular weight excluding hydrogens is 423 g/mol. The molecule has 0 saturated carbocycles. The number of benzene rings is 2. The lowest BCUT2D eigenvalue weighted by Crippen LogP contribution is -2.40. The Morgan fingerprint density at radius 2 is 2.03 bits per heavy atom. The largest absolute Gasteiger partial charge is 0.493 e. The zero-order chi connectivity index (χ0) is 22.7. The molecule has 2 heterocycles. The van der Waals surface area contributed by atoms with Crippen molar-refractivity contribution in [3.8, 4) is 22.6 Å². The van der Waals surface area contributed by atoms with Crippen molar-refractivity contribution in [2.24, 2.45) is 9.98 Å². The van der Waals surface area contributed by atoms with Crippen LogP contribution >= 0.6 is 0 Å². The van der Waals surface area contributed by atoms with Crippen LogP contribution in [0.15, 0.2) is 58.7 Å².